The Kier molecular flexibility index (Phi) is 3.04. The molecule has 98 valence electrons. The summed E-state index contributed by atoms with van der Waals surface area (Å²) in [4.78, 5) is 35.6. The summed E-state index contributed by atoms with van der Waals surface area (Å²) in [5, 5.41) is 8.83. The van der Waals surface area contributed by atoms with Gasteiger partial charge in [0.15, 0.2) is 0 Å². The monoisotopic (exact) mass is 264 g/mol. The lowest BCUT2D eigenvalue weighted by molar-refractivity contribution is 0.0694. The summed E-state index contributed by atoms with van der Waals surface area (Å²) in [7, 11) is 0. The number of aromatic amines is 1. The molecule has 2 aromatic rings. The molecule has 0 unspecified atom stereocenters. The van der Waals surface area contributed by atoms with Crippen molar-refractivity contribution in [2.45, 2.75) is 6.92 Å². The second-order valence-electron chi connectivity index (χ2n) is 3.96. The normalized spacial score (nSPS) is 10.4. The van der Waals surface area contributed by atoms with Crippen LogP contribution in [0.2, 0.25) is 0 Å². The Morgan fingerprint density at radius 2 is 2.00 bits per heavy atom. The number of carbonyl (C=O) groups is 1. The third-order valence-corrected chi connectivity index (χ3v) is 2.48. The maximum absolute atomic E-state index is 13.3. The second-order valence-corrected chi connectivity index (χ2v) is 3.96. The Hall–Kier alpha value is -2.70. The SMILES string of the molecule is Cc1cc(F)cc(-n2cc(C(=O)O)c(=O)[nH]c2=O)c1. The third kappa shape index (κ3) is 2.44. The molecule has 19 heavy (non-hydrogen) atoms. The number of aromatic nitrogens is 2. The number of halogens is 1. The number of hydrogen-bond donors (Lipinski definition) is 2. The first kappa shape index (κ1) is 12.7. The topological polar surface area (TPSA) is 92.2 Å². The fraction of sp³-hybridized carbons (Fsp3) is 0.0833. The van der Waals surface area contributed by atoms with E-state index in [-0.39, 0.29) is 5.69 Å². The molecule has 0 aliphatic rings. The molecular formula is C12H9FN2O4. The molecular weight excluding hydrogens is 255 g/mol. The summed E-state index contributed by atoms with van der Waals surface area (Å²) >= 11 is 0. The van der Waals surface area contributed by atoms with E-state index in [4.69, 9.17) is 5.11 Å². The average molecular weight is 264 g/mol. The smallest absolute Gasteiger partial charge is 0.342 e. The van der Waals surface area contributed by atoms with Gasteiger partial charge in [0.1, 0.15) is 11.4 Å². The van der Waals surface area contributed by atoms with Gasteiger partial charge in [-0.25, -0.2) is 14.0 Å². The Balaban J connectivity index is 2.75. The maximum atomic E-state index is 13.3. The number of rotatable bonds is 2. The number of hydrogen-bond acceptors (Lipinski definition) is 3. The largest absolute Gasteiger partial charge is 0.477 e. The summed E-state index contributed by atoms with van der Waals surface area (Å²) in [6.45, 7) is 1.63. The number of aryl methyl sites for hydroxylation is 1. The van der Waals surface area contributed by atoms with E-state index in [1.54, 1.807) is 6.92 Å². The van der Waals surface area contributed by atoms with E-state index in [1.807, 2.05) is 4.98 Å². The molecule has 0 saturated carbocycles. The van der Waals surface area contributed by atoms with Crippen LogP contribution in [-0.2, 0) is 0 Å². The predicted molar refractivity (Wildman–Crippen MR) is 64.3 cm³/mol. The van der Waals surface area contributed by atoms with Crippen molar-refractivity contribution in [1.29, 1.82) is 0 Å². The highest BCUT2D eigenvalue weighted by molar-refractivity contribution is 5.86. The number of carboxylic acids is 1. The molecule has 0 atom stereocenters. The molecule has 0 aliphatic heterocycles. The highest BCUT2D eigenvalue weighted by Crippen LogP contribution is 2.11. The lowest BCUT2D eigenvalue weighted by Crippen LogP contribution is -2.32. The Labute approximate surface area is 105 Å². The van der Waals surface area contributed by atoms with Crippen LogP contribution in [0.4, 0.5) is 4.39 Å². The summed E-state index contributed by atoms with van der Waals surface area (Å²) in [6.07, 6.45) is 0.873. The van der Waals surface area contributed by atoms with Crippen molar-refractivity contribution in [2.75, 3.05) is 0 Å². The van der Waals surface area contributed by atoms with Crippen LogP contribution in [0.15, 0.2) is 34.0 Å². The number of H-pyrrole nitrogens is 1. The van der Waals surface area contributed by atoms with E-state index in [9.17, 15) is 18.8 Å². The quantitative estimate of drug-likeness (QED) is 0.833. The summed E-state index contributed by atoms with van der Waals surface area (Å²) < 4.78 is 14.2. The lowest BCUT2D eigenvalue weighted by atomic mass is 10.2. The van der Waals surface area contributed by atoms with Gasteiger partial charge in [0.25, 0.3) is 5.56 Å². The number of nitrogens with zero attached hydrogens (tertiary/aromatic N) is 1. The van der Waals surface area contributed by atoms with Gasteiger partial charge in [0.05, 0.1) is 5.69 Å². The van der Waals surface area contributed by atoms with E-state index >= 15 is 0 Å². The molecule has 0 spiro atoms. The van der Waals surface area contributed by atoms with Crippen LogP contribution >= 0.6 is 0 Å². The van der Waals surface area contributed by atoms with Gasteiger partial charge < -0.3 is 5.11 Å². The first-order chi connectivity index (χ1) is 8.88. The number of carboxylic acid groups (broad SMARTS) is 1. The Morgan fingerprint density at radius 1 is 1.32 bits per heavy atom. The summed E-state index contributed by atoms with van der Waals surface area (Å²) in [6, 6.07) is 3.82. The van der Waals surface area contributed by atoms with Gasteiger partial charge in [0.2, 0.25) is 0 Å². The van der Waals surface area contributed by atoms with Gasteiger partial charge in [-0.3, -0.25) is 14.3 Å². The van der Waals surface area contributed by atoms with Crippen LogP contribution in [0, 0.1) is 12.7 Å². The number of benzene rings is 1. The van der Waals surface area contributed by atoms with Gasteiger partial charge in [-0.1, -0.05) is 0 Å². The van der Waals surface area contributed by atoms with Crippen LogP contribution in [0.25, 0.3) is 5.69 Å². The molecule has 0 aliphatic carbocycles. The molecule has 6 nitrogen and oxygen atoms in total. The molecule has 0 saturated heterocycles. The van der Waals surface area contributed by atoms with Gasteiger partial charge in [0, 0.05) is 6.20 Å². The van der Waals surface area contributed by atoms with Gasteiger partial charge in [-0.15, -0.1) is 0 Å². The summed E-state index contributed by atoms with van der Waals surface area (Å²) in [5.41, 5.74) is -1.73. The van der Waals surface area contributed by atoms with Crippen molar-refractivity contribution >= 4 is 5.97 Å². The van der Waals surface area contributed by atoms with Crippen LogP contribution < -0.4 is 11.2 Å². The zero-order valence-corrected chi connectivity index (χ0v) is 9.81. The molecule has 7 heteroatoms. The zero-order valence-electron chi connectivity index (χ0n) is 9.81. The molecule has 0 amide bonds. The molecule has 0 bridgehead atoms. The first-order valence-corrected chi connectivity index (χ1v) is 5.25. The van der Waals surface area contributed by atoms with Crippen LogP contribution in [-0.4, -0.2) is 20.6 Å². The van der Waals surface area contributed by atoms with Gasteiger partial charge in [-0.05, 0) is 30.7 Å². The van der Waals surface area contributed by atoms with Crippen molar-refractivity contribution in [3.05, 3.63) is 62.2 Å². The van der Waals surface area contributed by atoms with E-state index in [2.05, 4.69) is 0 Å². The van der Waals surface area contributed by atoms with Crippen LogP contribution in [0.3, 0.4) is 0 Å². The fourth-order valence-electron chi connectivity index (χ4n) is 1.67. The van der Waals surface area contributed by atoms with E-state index in [0.717, 1.165) is 16.8 Å². The minimum Gasteiger partial charge on any atom is -0.477 e. The van der Waals surface area contributed by atoms with Crippen molar-refractivity contribution in [2.24, 2.45) is 0 Å². The van der Waals surface area contributed by atoms with Crippen molar-refractivity contribution < 1.29 is 14.3 Å². The third-order valence-electron chi connectivity index (χ3n) is 2.48. The van der Waals surface area contributed by atoms with Gasteiger partial charge >= 0.3 is 11.7 Å². The molecule has 1 heterocycles. The molecule has 2 rings (SSSR count). The van der Waals surface area contributed by atoms with Crippen LogP contribution in [0.5, 0.6) is 0 Å². The summed E-state index contributed by atoms with van der Waals surface area (Å²) in [5.74, 6) is -2.03. The van der Waals surface area contributed by atoms with Crippen molar-refractivity contribution in [3.8, 4) is 5.69 Å². The molecule has 0 radical (unpaired) electrons. The predicted octanol–water partition coefficient (Wildman–Crippen LogP) is 0.672. The van der Waals surface area contributed by atoms with E-state index in [1.165, 1.54) is 12.1 Å². The zero-order chi connectivity index (χ0) is 14.2. The first-order valence-electron chi connectivity index (χ1n) is 5.25. The molecule has 1 aromatic heterocycles. The standard InChI is InChI=1S/C12H9FN2O4/c1-6-2-7(13)4-8(3-6)15-5-9(11(17)18)10(16)14-12(15)19/h2-5H,1H3,(H,17,18)(H,14,16,19). The van der Waals surface area contributed by atoms with Crippen molar-refractivity contribution in [1.82, 2.24) is 9.55 Å². The minimum atomic E-state index is -1.47. The highest BCUT2D eigenvalue weighted by atomic mass is 19.1. The molecule has 2 N–H and O–H groups in total. The minimum absolute atomic E-state index is 0.140. The number of aromatic carboxylic acids is 1. The average Bonchev–Trinajstić information content (AvgIpc) is 2.26. The van der Waals surface area contributed by atoms with Crippen molar-refractivity contribution in [3.63, 3.8) is 0 Å². The molecule has 1 aromatic carbocycles. The highest BCUT2D eigenvalue weighted by Gasteiger charge is 2.12. The Bertz CT molecular complexity index is 756. The number of nitrogens with one attached hydrogen (secondary N) is 1. The van der Waals surface area contributed by atoms with Crippen LogP contribution in [0.1, 0.15) is 15.9 Å². The van der Waals surface area contributed by atoms with Gasteiger partial charge in [-0.2, -0.15) is 0 Å². The van der Waals surface area contributed by atoms with E-state index in [0.29, 0.717) is 5.56 Å². The second kappa shape index (κ2) is 4.52. The Morgan fingerprint density at radius 3 is 2.58 bits per heavy atom. The maximum Gasteiger partial charge on any atom is 0.342 e. The van der Waals surface area contributed by atoms with E-state index < -0.39 is 28.6 Å². The lowest BCUT2D eigenvalue weighted by Gasteiger charge is -2.07. The fourth-order valence-corrected chi connectivity index (χ4v) is 1.67. The molecule has 0 fully saturated rings.